The number of hydrogen-bond donors (Lipinski definition) is 0. The number of hydrogen-bond acceptors (Lipinski definition) is 0. The van der Waals surface area contributed by atoms with Crippen LogP contribution in [0.2, 0.25) is 0 Å². The van der Waals surface area contributed by atoms with E-state index in [4.69, 9.17) is 0 Å². The summed E-state index contributed by atoms with van der Waals surface area (Å²) in [6.45, 7) is 3.77. The minimum Gasteiger partial charge on any atom is -0.102 e. The van der Waals surface area contributed by atoms with Crippen molar-refractivity contribution in [2.45, 2.75) is 0 Å². The highest BCUT2D eigenvalue weighted by atomic mass is 14.1. The molecule has 0 saturated heterocycles. The van der Waals surface area contributed by atoms with Crippen molar-refractivity contribution in [3.8, 4) is 0 Å². The lowest BCUT2D eigenvalue weighted by molar-refractivity contribution is 1.59. The van der Waals surface area contributed by atoms with Crippen LogP contribution in [0.1, 0.15) is 5.56 Å². The molecule has 0 atom stereocenters. The lowest BCUT2D eigenvalue weighted by Crippen LogP contribution is -1.83. The summed E-state index contributed by atoms with van der Waals surface area (Å²) < 4.78 is 0. The summed E-state index contributed by atoms with van der Waals surface area (Å²) in [4.78, 5) is 0. The van der Waals surface area contributed by atoms with Gasteiger partial charge in [0.2, 0.25) is 0 Å². The van der Waals surface area contributed by atoms with Crippen LogP contribution in [0.25, 0.3) is 21.5 Å². The number of fused-ring (bicyclic) bond motifs is 2. The van der Waals surface area contributed by atoms with Gasteiger partial charge in [0.1, 0.15) is 0 Å². The zero-order valence-electron chi connectivity index (χ0n) is 9.56. The van der Waals surface area contributed by atoms with Crippen LogP contribution < -0.4 is 0 Å². The summed E-state index contributed by atoms with van der Waals surface area (Å²) in [5.74, 6) is 0. The standard InChI is InChI=1S/C17H13/c1-2-6-13-9-5-10-16-11-14-7-3-4-8-15(14)12-17(13)16/h2-12H,1H2. The van der Waals surface area contributed by atoms with Gasteiger partial charge in [-0.15, -0.1) is 6.58 Å². The maximum atomic E-state index is 3.77. The molecular formula is C17H13. The van der Waals surface area contributed by atoms with Gasteiger partial charge in [0.05, 0.1) is 0 Å². The fourth-order valence-corrected chi connectivity index (χ4v) is 2.26. The lowest BCUT2D eigenvalue weighted by Gasteiger charge is -2.06. The summed E-state index contributed by atoms with van der Waals surface area (Å²) in [5.41, 5.74) is 1.23. The van der Waals surface area contributed by atoms with E-state index in [1.54, 1.807) is 0 Å². The minimum atomic E-state index is 1.23. The van der Waals surface area contributed by atoms with Crippen LogP contribution in [-0.4, -0.2) is 0 Å². The molecule has 0 N–H and O–H groups in total. The molecule has 0 spiro atoms. The molecule has 0 heteroatoms. The van der Waals surface area contributed by atoms with Crippen LogP contribution in [0, 0.1) is 6.42 Å². The maximum Gasteiger partial charge on any atom is 0.0125 e. The van der Waals surface area contributed by atoms with Crippen molar-refractivity contribution in [3.63, 3.8) is 0 Å². The van der Waals surface area contributed by atoms with Gasteiger partial charge in [0.15, 0.2) is 0 Å². The number of rotatable bonds is 2. The van der Waals surface area contributed by atoms with E-state index in [0.29, 0.717) is 0 Å². The molecule has 0 aliphatic carbocycles. The first-order valence-corrected chi connectivity index (χ1v) is 5.76. The summed E-state index contributed by atoms with van der Waals surface area (Å²) in [6, 6.07) is 19.3. The normalized spacial score (nSPS) is 10.8. The predicted molar refractivity (Wildman–Crippen MR) is 75.1 cm³/mol. The Balaban J connectivity index is 2.39. The van der Waals surface area contributed by atoms with E-state index in [0.717, 1.165) is 0 Å². The molecule has 81 valence electrons. The predicted octanol–water partition coefficient (Wildman–Crippen LogP) is 4.73. The average molecular weight is 217 g/mol. The van der Waals surface area contributed by atoms with Crippen LogP contribution in [0.15, 0.2) is 67.3 Å². The molecule has 1 radical (unpaired) electrons. The second-order valence-corrected chi connectivity index (χ2v) is 4.17. The van der Waals surface area contributed by atoms with Gasteiger partial charge >= 0.3 is 0 Å². The molecular weight excluding hydrogens is 204 g/mol. The monoisotopic (exact) mass is 217 g/mol. The third-order valence-corrected chi connectivity index (χ3v) is 3.08. The summed E-state index contributed by atoms with van der Waals surface area (Å²) in [6.07, 6.45) is 3.89. The molecule has 0 aromatic heterocycles. The van der Waals surface area contributed by atoms with Crippen LogP contribution >= 0.6 is 0 Å². The van der Waals surface area contributed by atoms with Gasteiger partial charge in [-0.2, -0.15) is 0 Å². The Kier molecular flexibility index (Phi) is 2.41. The molecule has 0 aliphatic rings. The SMILES string of the molecule is C=C[CH]c1cccc2cc3ccccc3cc12. The summed E-state index contributed by atoms with van der Waals surface area (Å²) >= 11 is 0. The summed E-state index contributed by atoms with van der Waals surface area (Å²) in [7, 11) is 0. The van der Waals surface area contributed by atoms with Crippen LogP contribution in [0.3, 0.4) is 0 Å². The van der Waals surface area contributed by atoms with Crippen molar-refractivity contribution in [1.29, 1.82) is 0 Å². The van der Waals surface area contributed by atoms with Gasteiger partial charge in [0.25, 0.3) is 0 Å². The zero-order valence-corrected chi connectivity index (χ0v) is 9.56. The molecule has 0 heterocycles. The summed E-state index contributed by atoms with van der Waals surface area (Å²) in [5, 5.41) is 5.13. The van der Waals surface area contributed by atoms with Gasteiger partial charge in [-0.05, 0) is 39.2 Å². The molecule has 0 bridgehead atoms. The van der Waals surface area contributed by atoms with E-state index >= 15 is 0 Å². The van der Waals surface area contributed by atoms with Crippen molar-refractivity contribution in [1.82, 2.24) is 0 Å². The highest BCUT2D eigenvalue weighted by Gasteiger charge is 2.01. The second-order valence-electron chi connectivity index (χ2n) is 4.17. The molecule has 0 unspecified atom stereocenters. The first-order valence-electron chi connectivity index (χ1n) is 5.76. The van der Waals surface area contributed by atoms with Gasteiger partial charge in [-0.1, -0.05) is 48.5 Å². The van der Waals surface area contributed by atoms with Gasteiger partial charge in [-0.25, -0.2) is 0 Å². The lowest BCUT2D eigenvalue weighted by atomic mass is 9.98. The number of allylic oxidation sites excluding steroid dienone is 1. The smallest absolute Gasteiger partial charge is 0.0125 e. The van der Waals surface area contributed by atoms with E-state index in [-0.39, 0.29) is 0 Å². The Morgan fingerprint density at radius 1 is 0.765 bits per heavy atom. The van der Waals surface area contributed by atoms with E-state index in [2.05, 4.69) is 67.6 Å². The largest absolute Gasteiger partial charge is 0.102 e. The molecule has 3 aromatic carbocycles. The van der Waals surface area contributed by atoms with Crippen molar-refractivity contribution < 1.29 is 0 Å². The molecule has 0 amide bonds. The van der Waals surface area contributed by atoms with Gasteiger partial charge in [0, 0.05) is 6.42 Å². The fourth-order valence-electron chi connectivity index (χ4n) is 2.26. The van der Waals surface area contributed by atoms with Gasteiger partial charge in [-0.3, -0.25) is 0 Å². The van der Waals surface area contributed by atoms with Crippen LogP contribution in [0.4, 0.5) is 0 Å². The first-order chi connectivity index (χ1) is 8.38. The van der Waals surface area contributed by atoms with E-state index < -0.39 is 0 Å². The third kappa shape index (κ3) is 1.72. The quantitative estimate of drug-likeness (QED) is 0.544. The minimum absolute atomic E-state index is 1.23. The van der Waals surface area contributed by atoms with Crippen molar-refractivity contribution in [3.05, 3.63) is 79.2 Å². The van der Waals surface area contributed by atoms with Crippen molar-refractivity contribution in [2.75, 3.05) is 0 Å². The van der Waals surface area contributed by atoms with Gasteiger partial charge < -0.3 is 0 Å². The topological polar surface area (TPSA) is 0 Å². The first kappa shape index (κ1) is 10.1. The Bertz CT molecular complexity index is 693. The number of benzene rings is 3. The molecule has 0 nitrogen and oxygen atoms in total. The van der Waals surface area contributed by atoms with E-state index in [1.165, 1.54) is 27.1 Å². The Labute approximate surface area is 101 Å². The maximum absolute atomic E-state index is 3.77. The highest BCUT2D eigenvalue weighted by Crippen LogP contribution is 2.26. The third-order valence-electron chi connectivity index (χ3n) is 3.08. The molecule has 3 aromatic rings. The van der Waals surface area contributed by atoms with Crippen LogP contribution in [-0.2, 0) is 0 Å². The highest BCUT2D eigenvalue weighted by molar-refractivity contribution is 6.00. The van der Waals surface area contributed by atoms with E-state index in [9.17, 15) is 0 Å². The Morgan fingerprint density at radius 2 is 1.47 bits per heavy atom. The van der Waals surface area contributed by atoms with Crippen molar-refractivity contribution in [2.24, 2.45) is 0 Å². The molecule has 0 saturated carbocycles. The second kappa shape index (κ2) is 4.06. The van der Waals surface area contributed by atoms with Crippen molar-refractivity contribution >= 4 is 21.5 Å². The van der Waals surface area contributed by atoms with Crippen LogP contribution in [0.5, 0.6) is 0 Å². The Morgan fingerprint density at radius 3 is 2.24 bits per heavy atom. The molecule has 3 rings (SSSR count). The van der Waals surface area contributed by atoms with E-state index in [1.807, 2.05) is 6.08 Å². The molecule has 17 heavy (non-hydrogen) atoms. The molecule has 0 aliphatic heterocycles. The average Bonchev–Trinajstić information content (AvgIpc) is 2.37. The fraction of sp³-hybridized carbons (Fsp3) is 0. The zero-order chi connectivity index (χ0) is 11.7. The molecule has 0 fully saturated rings. The Hall–Kier alpha value is -2.08.